The van der Waals surface area contributed by atoms with E-state index in [1.165, 1.54) is 0 Å². The molecule has 7 nitrogen and oxygen atoms in total. The summed E-state index contributed by atoms with van der Waals surface area (Å²) in [7, 11) is -3.35. The zero-order valence-electron chi connectivity index (χ0n) is 14.9. The molecule has 0 aliphatic carbocycles. The summed E-state index contributed by atoms with van der Waals surface area (Å²) in [5, 5.41) is 11.7. The summed E-state index contributed by atoms with van der Waals surface area (Å²) in [5.74, 6) is 0.0232. The molecule has 1 aliphatic heterocycles. The molecule has 0 spiro atoms. The highest BCUT2D eigenvalue weighted by molar-refractivity contribution is 7.88. The number of nitrogens with one attached hydrogen (secondary N) is 2. The van der Waals surface area contributed by atoms with Crippen LogP contribution in [0.4, 0.5) is 0 Å². The lowest BCUT2D eigenvalue weighted by atomic mass is 9.95. The van der Waals surface area contributed by atoms with Crippen molar-refractivity contribution in [2.75, 3.05) is 25.9 Å². The van der Waals surface area contributed by atoms with Crippen LogP contribution < -0.4 is 4.72 Å². The van der Waals surface area contributed by atoms with Crippen LogP contribution in [0.2, 0.25) is 0 Å². The molecular formula is C18H25N3O4S. The topological polar surface area (TPSA) is 102 Å². The molecule has 26 heavy (non-hydrogen) atoms. The zero-order valence-corrected chi connectivity index (χ0v) is 15.7. The Hall–Kier alpha value is -1.90. The van der Waals surface area contributed by atoms with Gasteiger partial charge in [0, 0.05) is 36.7 Å². The second kappa shape index (κ2) is 7.38. The van der Waals surface area contributed by atoms with Crippen molar-refractivity contribution in [3.05, 3.63) is 36.0 Å². The molecular weight excluding hydrogens is 354 g/mol. The summed E-state index contributed by atoms with van der Waals surface area (Å²) < 4.78 is 24.9. The number of carbonyl (C=O) groups is 1. The maximum absolute atomic E-state index is 12.7. The summed E-state index contributed by atoms with van der Waals surface area (Å²) in [6.07, 6.45) is 4.71. The van der Waals surface area contributed by atoms with Crippen molar-refractivity contribution < 1.29 is 18.3 Å². The molecule has 0 saturated carbocycles. The molecule has 0 bridgehead atoms. The number of hydrogen-bond donors (Lipinski definition) is 3. The van der Waals surface area contributed by atoms with E-state index in [-0.39, 0.29) is 12.5 Å². The third-order valence-corrected chi connectivity index (χ3v) is 5.62. The third kappa shape index (κ3) is 4.63. The molecule has 0 unspecified atom stereocenters. The number of nitrogens with zero attached hydrogens (tertiary/aromatic N) is 1. The molecule has 1 amide bonds. The van der Waals surface area contributed by atoms with Gasteiger partial charge in [-0.3, -0.25) is 4.79 Å². The molecule has 2 aromatic rings. The van der Waals surface area contributed by atoms with Gasteiger partial charge in [-0.15, -0.1) is 0 Å². The molecule has 142 valence electrons. The number of amides is 1. The van der Waals surface area contributed by atoms with Gasteiger partial charge in [0.15, 0.2) is 0 Å². The average molecular weight is 379 g/mol. The van der Waals surface area contributed by atoms with E-state index in [9.17, 15) is 18.3 Å². The Morgan fingerprint density at radius 3 is 2.85 bits per heavy atom. The minimum Gasteiger partial charge on any atom is -0.388 e. The van der Waals surface area contributed by atoms with Crippen LogP contribution in [-0.2, 0) is 21.2 Å². The average Bonchev–Trinajstić information content (AvgIpc) is 2.87. The number of carbonyl (C=O) groups excluding carboxylic acids is 1. The predicted octanol–water partition coefficient (Wildman–Crippen LogP) is 1.00. The van der Waals surface area contributed by atoms with E-state index >= 15 is 0 Å². The number of aliphatic hydroxyl groups is 1. The standard InChI is InChI=1S/C18H25N3O4S/c1-26(24,25)20-13-18(23)7-4-9-21(10-8-18)17(22)11-14-12-19-16-6-3-2-5-15(14)16/h2-3,5-6,12,19-20,23H,4,7-11,13H2,1H3/t18-/m1/s1. The van der Waals surface area contributed by atoms with Gasteiger partial charge < -0.3 is 15.0 Å². The zero-order chi connectivity index (χ0) is 18.8. The van der Waals surface area contributed by atoms with Crippen molar-refractivity contribution >= 4 is 26.8 Å². The molecule has 8 heteroatoms. The largest absolute Gasteiger partial charge is 0.388 e. The molecule has 1 aliphatic rings. The summed E-state index contributed by atoms with van der Waals surface area (Å²) in [5.41, 5.74) is 0.857. The van der Waals surface area contributed by atoms with E-state index in [4.69, 9.17) is 0 Å². The van der Waals surface area contributed by atoms with Crippen molar-refractivity contribution in [2.45, 2.75) is 31.3 Å². The Labute approximate surface area is 153 Å². The first-order valence-electron chi connectivity index (χ1n) is 8.76. The Kier molecular flexibility index (Phi) is 5.36. The number of likely N-dealkylation sites (tertiary alicyclic amines) is 1. The Morgan fingerprint density at radius 1 is 1.31 bits per heavy atom. The van der Waals surface area contributed by atoms with E-state index < -0.39 is 15.6 Å². The highest BCUT2D eigenvalue weighted by Gasteiger charge is 2.32. The lowest BCUT2D eigenvalue weighted by molar-refractivity contribution is -0.130. The third-order valence-electron chi connectivity index (χ3n) is 4.95. The number of hydrogen-bond acceptors (Lipinski definition) is 4. The fourth-order valence-corrected chi connectivity index (χ4v) is 3.95. The Bertz CT molecular complexity index is 893. The molecule has 3 N–H and O–H groups in total. The normalized spacial score (nSPS) is 21.7. The van der Waals surface area contributed by atoms with Gasteiger partial charge in [-0.25, -0.2) is 13.1 Å². The number of para-hydroxylation sites is 1. The van der Waals surface area contributed by atoms with Crippen LogP contribution in [0.5, 0.6) is 0 Å². The van der Waals surface area contributed by atoms with Crippen LogP contribution in [0, 0.1) is 0 Å². The van der Waals surface area contributed by atoms with Crippen molar-refractivity contribution in [2.24, 2.45) is 0 Å². The number of rotatable bonds is 5. The van der Waals surface area contributed by atoms with Crippen LogP contribution in [0.3, 0.4) is 0 Å². The lowest BCUT2D eigenvalue weighted by Crippen LogP contribution is -2.43. The van der Waals surface area contributed by atoms with Gasteiger partial charge in [-0.1, -0.05) is 18.2 Å². The van der Waals surface area contributed by atoms with E-state index in [0.717, 1.165) is 22.7 Å². The van der Waals surface area contributed by atoms with Gasteiger partial charge in [-0.2, -0.15) is 0 Å². The number of sulfonamides is 1. The lowest BCUT2D eigenvalue weighted by Gasteiger charge is -2.26. The monoisotopic (exact) mass is 379 g/mol. The minimum atomic E-state index is -3.35. The first-order valence-corrected chi connectivity index (χ1v) is 10.6. The minimum absolute atomic E-state index is 0.0175. The van der Waals surface area contributed by atoms with Crippen molar-refractivity contribution in [1.82, 2.24) is 14.6 Å². The van der Waals surface area contributed by atoms with Crippen LogP contribution >= 0.6 is 0 Å². The maximum atomic E-state index is 12.7. The molecule has 3 rings (SSSR count). The van der Waals surface area contributed by atoms with Gasteiger partial charge in [-0.05, 0) is 30.9 Å². The number of aromatic amines is 1. The van der Waals surface area contributed by atoms with Crippen molar-refractivity contribution in [3.63, 3.8) is 0 Å². The van der Waals surface area contributed by atoms with E-state index in [1.54, 1.807) is 4.90 Å². The summed E-state index contributed by atoms with van der Waals surface area (Å²) in [4.78, 5) is 17.6. The second-order valence-electron chi connectivity index (χ2n) is 7.09. The van der Waals surface area contributed by atoms with Crippen molar-refractivity contribution in [3.8, 4) is 0 Å². The second-order valence-corrected chi connectivity index (χ2v) is 8.92. The highest BCUT2D eigenvalue weighted by Crippen LogP contribution is 2.24. The Balaban J connectivity index is 1.62. The van der Waals surface area contributed by atoms with E-state index in [0.29, 0.717) is 38.8 Å². The molecule has 1 fully saturated rings. The number of H-pyrrole nitrogens is 1. The van der Waals surface area contributed by atoms with Crippen LogP contribution in [0.1, 0.15) is 24.8 Å². The fourth-order valence-electron chi connectivity index (χ4n) is 3.42. The van der Waals surface area contributed by atoms with Gasteiger partial charge >= 0.3 is 0 Å². The fraction of sp³-hybridized carbons (Fsp3) is 0.500. The first-order chi connectivity index (χ1) is 12.3. The number of fused-ring (bicyclic) bond motifs is 1. The highest BCUT2D eigenvalue weighted by atomic mass is 32.2. The van der Waals surface area contributed by atoms with Gasteiger partial charge in [0.25, 0.3) is 0 Å². The molecule has 1 aromatic heterocycles. The number of aromatic nitrogens is 1. The smallest absolute Gasteiger partial charge is 0.227 e. The molecule has 0 radical (unpaired) electrons. The number of benzene rings is 1. The van der Waals surface area contributed by atoms with E-state index in [2.05, 4.69) is 9.71 Å². The summed E-state index contributed by atoms with van der Waals surface area (Å²) in [6, 6.07) is 7.87. The summed E-state index contributed by atoms with van der Waals surface area (Å²) >= 11 is 0. The van der Waals surface area contributed by atoms with Crippen molar-refractivity contribution in [1.29, 1.82) is 0 Å². The molecule has 2 heterocycles. The van der Waals surface area contributed by atoms with E-state index in [1.807, 2.05) is 30.5 Å². The van der Waals surface area contributed by atoms with Crippen LogP contribution in [0.15, 0.2) is 30.5 Å². The SMILES string of the molecule is CS(=O)(=O)NC[C@@]1(O)CCCN(C(=O)Cc2c[nH]c3ccccc23)CC1. The first kappa shape index (κ1) is 18.9. The Morgan fingerprint density at radius 2 is 2.08 bits per heavy atom. The quantitative estimate of drug-likeness (QED) is 0.721. The molecule has 1 aromatic carbocycles. The predicted molar refractivity (Wildman–Crippen MR) is 100 cm³/mol. The summed E-state index contributed by atoms with van der Waals surface area (Å²) in [6.45, 7) is 0.974. The van der Waals surface area contributed by atoms with Gasteiger partial charge in [0.05, 0.1) is 18.3 Å². The molecule has 1 atom stereocenters. The molecule has 1 saturated heterocycles. The maximum Gasteiger partial charge on any atom is 0.227 e. The van der Waals surface area contributed by atoms with Gasteiger partial charge in [0.2, 0.25) is 15.9 Å². The van der Waals surface area contributed by atoms with Crippen LogP contribution in [-0.4, -0.2) is 60.8 Å². The van der Waals surface area contributed by atoms with Gasteiger partial charge in [0.1, 0.15) is 0 Å². The van der Waals surface area contributed by atoms with Crippen LogP contribution in [0.25, 0.3) is 10.9 Å².